The van der Waals surface area contributed by atoms with Crippen molar-refractivity contribution in [2.45, 2.75) is 18.9 Å². The Morgan fingerprint density at radius 1 is 1.47 bits per heavy atom. The second-order valence-electron chi connectivity index (χ2n) is 4.55. The van der Waals surface area contributed by atoms with Gasteiger partial charge in [-0.25, -0.2) is 4.98 Å². The van der Waals surface area contributed by atoms with Gasteiger partial charge in [0.1, 0.15) is 11.8 Å². The first-order valence-corrected chi connectivity index (χ1v) is 6.04. The third-order valence-electron chi connectivity index (χ3n) is 3.33. The smallest absolute Gasteiger partial charge is 0.137 e. The molecular formula is C13H16N2O2. The first-order chi connectivity index (χ1) is 8.34. The highest BCUT2D eigenvalue weighted by atomic mass is 16.5. The molecule has 0 aliphatic carbocycles. The fourth-order valence-corrected chi connectivity index (χ4v) is 2.35. The summed E-state index contributed by atoms with van der Waals surface area (Å²) in [4.78, 5) is 4.45. The van der Waals surface area contributed by atoms with Crippen molar-refractivity contribution in [2.75, 3.05) is 13.2 Å². The van der Waals surface area contributed by atoms with E-state index in [9.17, 15) is 5.11 Å². The van der Waals surface area contributed by atoms with Gasteiger partial charge in [-0.2, -0.15) is 0 Å². The molecule has 1 aliphatic heterocycles. The Labute approximate surface area is 99.9 Å². The maximum absolute atomic E-state index is 10.3. The minimum atomic E-state index is -0.518. The van der Waals surface area contributed by atoms with Gasteiger partial charge in [0, 0.05) is 24.9 Å². The first-order valence-electron chi connectivity index (χ1n) is 6.04. The maximum Gasteiger partial charge on any atom is 0.137 e. The molecule has 1 fully saturated rings. The van der Waals surface area contributed by atoms with Gasteiger partial charge < -0.3 is 14.2 Å². The van der Waals surface area contributed by atoms with Gasteiger partial charge in [-0.3, -0.25) is 0 Å². The highest BCUT2D eigenvalue weighted by Gasteiger charge is 2.25. The molecule has 0 spiro atoms. The summed E-state index contributed by atoms with van der Waals surface area (Å²) in [6, 6.07) is 5.84. The van der Waals surface area contributed by atoms with E-state index in [1.807, 2.05) is 35.0 Å². The maximum atomic E-state index is 10.3. The normalized spacial score (nSPS) is 22.8. The summed E-state index contributed by atoms with van der Waals surface area (Å²) >= 11 is 0. The molecule has 17 heavy (non-hydrogen) atoms. The van der Waals surface area contributed by atoms with Crippen LogP contribution in [0.15, 0.2) is 30.6 Å². The van der Waals surface area contributed by atoms with Crippen LogP contribution in [0.3, 0.4) is 0 Å². The summed E-state index contributed by atoms with van der Waals surface area (Å²) in [5.41, 5.74) is 1.62. The molecule has 0 radical (unpaired) electrons. The van der Waals surface area contributed by atoms with Gasteiger partial charge in [0.05, 0.1) is 12.3 Å². The number of fused-ring (bicyclic) bond motifs is 1. The molecule has 4 heteroatoms. The van der Waals surface area contributed by atoms with Crippen LogP contribution in [-0.4, -0.2) is 27.7 Å². The highest BCUT2D eigenvalue weighted by Crippen LogP contribution is 2.28. The van der Waals surface area contributed by atoms with Gasteiger partial charge in [0.15, 0.2) is 0 Å². The molecule has 3 heterocycles. The lowest BCUT2D eigenvalue weighted by atomic mass is 9.94. The molecule has 2 unspecified atom stereocenters. The zero-order valence-corrected chi connectivity index (χ0v) is 9.62. The lowest BCUT2D eigenvalue weighted by Crippen LogP contribution is -2.23. The Balaban J connectivity index is 1.86. The predicted molar refractivity (Wildman–Crippen MR) is 63.7 cm³/mol. The summed E-state index contributed by atoms with van der Waals surface area (Å²) in [7, 11) is 0. The molecule has 0 aromatic carbocycles. The fourth-order valence-electron chi connectivity index (χ4n) is 2.35. The van der Waals surface area contributed by atoms with Crippen LogP contribution in [0.25, 0.3) is 5.65 Å². The lowest BCUT2D eigenvalue weighted by Gasteiger charge is -2.25. The van der Waals surface area contributed by atoms with E-state index in [0.29, 0.717) is 6.61 Å². The van der Waals surface area contributed by atoms with E-state index in [0.717, 1.165) is 30.8 Å². The van der Waals surface area contributed by atoms with Crippen molar-refractivity contribution in [3.63, 3.8) is 0 Å². The molecule has 2 aromatic rings. The molecule has 2 aromatic heterocycles. The number of imidazole rings is 1. The van der Waals surface area contributed by atoms with Crippen LogP contribution in [0.4, 0.5) is 0 Å². The van der Waals surface area contributed by atoms with Crippen molar-refractivity contribution in [1.29, 1.82) is 0 Å². The van der Waals surface area contributed by atoms with Crippen LogP contribution in [0.1, 0.15) is 24.6 Å². The van der Waals surface area contributed by atoms with Crippen LogP contribution < -0.4 is 0 Å². The predicted octanol–water partition coefficient (Wildman–Crippen LogP) is 1.79. The molecule has 2 atom stereocenters. The molecule has 1 saturated heterocycles. The summed E-state index contributed by atoms with van der Waals surface area (Å²) in [5, 5.41) is 10.3. The molecule has 1 aliphatic rings. The van der Waals surface area contributed by atoms with E-state index >= 15 is 0 Å². The Morgan fingerprint density at radius 3 is 3.18 bits per heavy atom. The van der Waals surface area contributed by atoms with E-state index in [2.05, 4.69) is 4.98 Å². The number of rotatable bonds is 2. The third kappa shape index (κ3) is 2.06. The van der Waals surface area contributed by atoms with Crippen LogP contribution in [0, 0.1) is 5.92 Å². The Morgan fingerprint density at radius 2 is 2.41 bits per heavy atom. The molecule has 90 valence electrons. The zero-order valence-electron chi connectivity index (χ0n) is 9.62. The molecule has 4 nitrogen and oxygen atoms in total. The molecule has 0 bridgehead atoms. The first kappa shape index (κ1) is 10.7. The molecule has 3 rings (SSSR count). The number of hydrogen-bond acceptors (Lipinski definition) is 3. The van der Waals surface area contributed by atoms with Gasteiger partial charge in [-0.15, -0.1) is 0 Å². The van der Waals surface area contributed by atoms with Gasteiger partial charge in [-0.1, -0.05) is 6.07 Å². The highest BCUT2D eigenvalue weighted by molar-refractivity contribution is 5.39. The van der Waals surface area contributed by atoms with Crippen molar-refractivity contribution >= 4 is 5.65 Å². The quantitative estimate of drug-likeness (QED) is 0.858. The van der Waals surface area contributed by atoms with Gasteiger partial charge in [0.25, 0.3) is 0 Å². The number of aliphatic hydroxyl groups excluding tert-OH is 1. The number of hydrogen-bond donors (Lipinski definition) is 1. The van der Waals surface area contributed by atoms with Crippen LogP contribution in [0.5, 0.6) is 0 Å². The van der Waals surface area contributed by atoms with Crippen molar-refractivity contribution in [1.82, 2.24) is 9.38 Å². The van der Waals surface area contributed by atoms with Crippen molar-refractivity contribution in [2.24, 2.45) is 5.92 Å². The zero-order chi connectivity index (χ0) is 11.7. The average molecular weight is 232 g/mol. The lowest BCUT2D eigenvalue weighted by molar-refractivity contribution is -0.0114. The minimum Gasteiger partial charge on any atom is -0.386 e. The monoisotopic (exact) mass is 232 g/mol. The summed E-state index contributed by atoms with van der Waals surface area (Å²) in [6.07, 6.45) is 5.35. The second kappa shape index (κ2) is 4.47. The Bertz CT molecular complexity index is 470. The summed E-state index contributed by atoms with van der Waals surface area (Å²) in [5.74, 6) is 0.175. The molecule has 0 saturated carbocycles. The van der Waals surface area contributed by atoms with Gasteiger partial charge in [0.2, 0.25) is 0 Å². The molecule has 1 N–H and O–H groups in total. The number of nitrogens with zero attached hydrogens (tertiary/aromatic N) is 2. The number of ether oxygens (including phenoxy) is 1. The molecular weight excluding hydrogens is 216 g/mol. The van der Waals surface area contributed by atoms with E-state index in [4.69, 9.17) is 4.74 Å². The van der Waals surface area contributed by atoms with Gasteiger partial charge in [-0.05, 0) is 25.0 Å². The van der Waals surface area contributed by atoms with Gasteiger partial charge >= 0.3 is 0 Å². The van der Waals surface area contributed by atoms with E-state index < -0.39 is 6.10 Å². The van der Waals surface area contributed by atoms with Crippen molar-refractivity contribution in [3.05, 3.63) is 36.3 Å². The number of aromatic nitrogens is 2. The second-order valence-corrected chi connectivity index (χ2v) is 4.55. The fraction of sp³-hybridized carbons (Fsp3) is 0.462. The SMILES string of the molecule is OC(c1cn2ccccc2n1)C1CCCOC1. The van der Waals surface area contributed by atoms with Crippen LogP contribution >= 0.6 is 0 Å². The largest absolute Gasteiger partial charge is 0.386 e. The summed E-state index contributed by atoms with van der Waals surface area (Å²) in [6.45, 7) is 1.45. The van der Waals surface area contributed by atoms with Crippen LogP contribution in [-0.2, 0) is 4.74 Å². The molecule has 0 amide bonds. The van der Waals surface area contributed by atoms with Crippen molar-refractivity contribution in [3.8, 4) is 0 Å². The topological polar surface area (TPSA) is 46.8 Å². The van der Waals surface area contributed by atoms with Crippen molar-refractivity contribution < 1.29 is 9.84 Å². The number of pyridine rings is 1. The third-order valence-corrected chi connectivity index (χ3v) is 3.33. The minimum absolute atomic E-state index is 0.175. The Hall–Kier alpha value is -1.39. The standard InChI is InChI=1S/C13H16N2O2/c16-13(10-4-3-7-17-9-10)11-8-15-6-2-1-5-12(15)14-11/h1-2,5-6,8,10,13,16H,3-4,7,9H2. The summed E-state index contributed by atoms with van der Waals surface area (Å²) < 4.78 is 7.34. The van der Waals surface area contributed by atoms with E-state index in [-0.39, 0.29) is 5.92 Å². The number of aliphatic hydroxyl groups is 1. The average Bonchev–Trinajstić information content (AvgIpc) is 2.82. The van der Waals surface area contributed by atoms with E-state index in [1.54, 1.807) is 0 Å². The Kier molecular flexibility index (Phi) is 2.82. The van der Waals surface area contributed by atoms with Crippen LogP contribution in [0.2, 0.25) is 0 Å². The van der Waals surface area contributed by atoms with E-state index in [1.165, 1.54) is 0 Å².